The van der Waals surface area contributed by atoms with Crippen LogP contribution in [-0.2, 0) is 0 Å². The second-order valence-corrected chi connectivity index (χ2v) is 3.96. The van der Waals surface area contributed by atoms with E-state index in [-0.39, 0.29) is 5.69 Å². The van der Waals surface area contributed by atoms with Gasteiger partial charge in [0, 0.05) is 18.3 Å². The standard InChI is InChI=1S/C10H6BrN3O3/c11-10-7(6-15)5-13(12-10)8-1-3-9(4-2-8)14(16)17/h1-6H. The summed E-state index contributed by atoms with van der Waals surface area (Å²) in [5, 5.41) is 14.5. The molecule has 0 fully saturated rings. The molecule has 0 atom stereocenters. The van der Waals surface area contributed by atoms with Crippen LogP contribution in [0.25, 0.3) is 5.69 Å². The van der Waals surface area contributed by atoms with Crippen molar-refractivity contribution in [3.05, 3.63) is 50.7 Å². The summed E-state index contributed by atoms with van der Waals surface area (Å²) in [6.45, 7) is 0. The van der Waals surface area contributed by atoms with Crippen molar-refractivity contribution in [1.82, 2.24) is 9.78 Å². The first-order valence-corrected chi connectivity index (χ1v) is 5.36. The Balaban J connectivity index is 2.39. The number of benzene rings is 1. The lowest BCUT2D eigenvalue weighted by atomic mass is 10.3. The average Bonchev–Trinajstić information content (AvgIpc) is 2.70. The highest BCUT2D eigenvalue weighted by molar-refractivity contribution is 9.10. The molecule has 0 spiro atoms. The third kappa shape index (κ3) is 2.23. The minimum absolute atomic E-state index is 0.00980. The molecule has 0 bridgehead atoms. The highest BCUT2D eigenvalue weighted by Crippen LogP contribution is 2.18. The Hall–Kier alpha value is -2.02. The van der Waals surface area contributed by atoms with Crippen molar-refractivity contribution < 1.29 is 9.72 Å². The summed E-state index contributed by atoms with van der Waals surface area (Å²) in [5.74, 6) is 0. The highest BCUT2D eigenvalue weighted by atomic mass is 79.9. The van der Waals surface area contributed by atoms with Gasteiger partial charge in [0.15, 0.2) is 6.29 Å². The third-order valence-corrected chi connectivity index (χ3v) is 2.76. The van der Waals surface area contributed by atoms with E-state index in [4.69, 9.17) is 0 Å². The van der Waals surface area contributed by atoms with Crippen LogP contribution in [0.4, 0.5) is 5.69 Å². The molecule has 0 N–H and O–H groups in total. The molecule has 86 valence electrons. The Morgan fingerprint density at radius 1 is 1.35 bits per heavy atom. The number of halogens is 1. The molecule has 1 aromatic heterocycles. The van der Waals surface area contributed by atoms with E-state index in [1.54, 1.807) is 12.1 Å². The highest BCUT2D eigenvalue weighted by Gasteiger charge is 2.08. The van der Waals surface area contributed by atoms with Gasteiger partial charge in [-0.1, -0.05) is 0 Å². The zero-order chi connectivity index (χ0) is 12.4. The Bertz CT molecular complexity index is 577. The Labute approximate surface area is 104 Å². The third-order valence-electron chi connectivity index (χ3n) is 2.15. The quantitative estimate of drug-likeness (QED) is 0.495. The summed E-state index contributed by atoms with van der Waals surface area (Å²) in [6.07, 6.45) is 2.22. The lowest BCUT2D eigenvalue weighted by Crippen LogP contribution is -1.95. The van der Waals surface area contributed by atoms with Gasteiger partial charge in [-0.15, -0.1) is 0 Å². The molecule has 1 aromatic carbocycles. The van der Waals surface area contributed by atoms with Crippen molar-refractivity contribution in [3.63, 3.8) is 0 Å². The van der Waals surface area contributed by atoms with Crippen LogP contribution in [0.5, 0.6) is 0 Å². The molecule has 0 saturated heterocycles. The van der Waals surface area contributed by atoms with Crippen molar-refractivity contribution in [3.8, 4) is 5.69 Å². The van der Waals surface area contributed by atoms with Gasteiger partial charge < -0.3 is 0 Å². The van der Waals surface area contributed by atoms with E-state index in [9.17, 15) is 14.9 Å². The predicted molar refractivity (Wildman–Crippen MR) is 63.3 cm³/mol. The Morgan fingerprint density at radius 3 is 2.47 bits per heavy atom. The van der Waals surface area contributed by atoms with Crippen LogP contribution in [0.3, 0.4) is 0 Å². The molecule has 2 aromatic rings. The van der Waals surface area contributed by atoms with Crippen molar-refractivity contribution in [2.75, 3.05) is 0 Å². The van der Waals surface area contributed by atoms with Gasteiger partial charge in [0.25, 0.3) is 5.69 Å². The van der Waals surface area contributed by atoms with E-state index in [2.05, 4.69) is 21.0 Å². The number of nitro benzene ring substituents is 1. The lowest BCUT2D eigenvalue weighted by Gasteiger charge is -1.99. The molecule has 6 nitrogen and oxygen atoms in total. The number of nitro groups is 1. The minimum atomic E-state index is -0.473. The number of hydrogen-bond donors (Lipinski definition) is 0. The summed E-state index contributed by atoms with van der Waals surface area (Å²) >= 11 is 3.14. The van der Waals surface area contributed by atoms with Gasteiger partial charge in [-0.2, -0.15) is 5.10 Å². The SMILES string of the molecule is O=Cc1cn(-c2ccc([N+](=O)[O-])cc2)nc1Br. The predicted octanol–water partition coefficient (Wildman–Crippen LogP) is 2.36. The maximum Gasteiger partial charge on any atom is 0.269 e. The first-order valence-electron chi connectivity index (χ1n) is 4.57. The topological polar surface area (TPSA) is 78.0 Å². The molecule has 7 heteroatoms. The zero-order valence-corrected chi connectivity index (χ0v) is 9.99. The molecule has 0 saturated carbocycles. The monoisotopic (exact) mass is 295 g/mol. The van der Waals surface area contributed by atoms with Gasteiger partial charge in [0.05, 0.1) is 16.2 Å². The van der Waals surface area contributed by atoms with Crippen molar-refractivity contribution in [2.24, 2.45) is 0 Å². The molecule has 0 aliphatic rings. The largest absolute Gasteiger partial charge is 0.298 e. The van der Waals surface area contributed by atoms with Gasteiger partial charge in [-0.05, 0) is 28.1 Å². The number of hydrogen-bond acceptors (Lipinski definition) is 4. The molecule has 1 heterocycles. The van der Waals surface area contributed by atoms with E-state index in [1.165, 1.54) is 23.0 Å². The molecular weight excluding hydrogens is 290 g/mol. The number of non-ortho nitro benzene ring substituents is 1. The van der Waals surface area contributed by atoms with E-state index in [0.717, 1.165) is 0 Å². The Kier molecular flexibility index (Phi) is 3.01. The van der Waals surface area contributed by atoms with Gasteiger partial charge in [-0.3, -0.25) is 14.9 Å². The molecule has 2 rings (SSSR count). The number of aldehydes is 1. The smallest absolute Gasteiger partial charge is 0.269 e. The van der Waals surface area contributed by atoms with Crippen LogP contribution in [0.15, 0.2) is 35.1 Å². The minimum Gasteiger partial charge on any atom is -0.298 e. The van der Waals surface area contributed by atoms with Crippen molar-refractivity contribution in [1.29, 1.82) is 0 Å². The number of rotatable bonds is 3. The van der Waals surface area contributed by atoms with Crippen LogP contribution in [0, 0.1) is 10.1 Å². The normalized spacial score (nSPS) is 10.2. The lowest BCUT2D eigenvalue weighted by molar-refractivity contribution is -0.384. The molecular formula is C10H6BrN3O3. The summed E-state index contributed by atoms with van der Waals surface area (Å²) in [5.41, 5.74) is 1.07. The number of aromatic nitrogens is 2. The van der Waals surface area contributed by atoms with Crippen molar-refractivity contribution >= 4 is 27.9 Å². The molecule has 0 aliphatic heterocycles. The van der Waals surface area contributed by atoms with Crippen molar-refractivity contribution in [2.45, 2.75) is 0 Å². The van der Waals surface area contributed by atoms with E-state index in [1.807, 2.05) is 0 Å². The molecule has 0 aliphatic carbocycles. The molecule has 0 radical (unpaired) electrons. The maximum atomic E-state index is 10.6. The van der Waals surface area contributed by atoms with Crippen LogP contribution in [0.2, 0.25) is 0 Å². The van der Waals surface area contributed by atoms with Crippen LogP contribution in [-0.4, -0.2) is 21.0 Å². The fraction of sp³-hybridized carbons (Fsp3) is 0. The fourth-order valence-corrected chi connectivity index (χ4v) is 1.67. The zero-order valence-electron chi connectivity index (χ0n) is 8.41. The summed E-state index contributed by atoms with van der Waals surface area (Å²) in [4.78, 5) is 20.7. The van der Waals surface area contributed by atoms with Gasteiger partial charge in [0.2, 0.25) is 0 Å². The summed E-state index contributed by atoms with van der Waals surface area (Å²) < 4.78 is 1.91. The van der Waals surface area contributed by atoms with Gasteiger partial charge in [-0.25, -0.2) is 4.68 Å². The van der Waals surface area contributed by atoms with Gasteiger partial charge >= 0.3 is 0 Å². The maximum absolute atomic E-state index is 10.6. The second kappa shape index (κ2) is 4.46. The van der Waals surface area contributed by atoms with Crippen LogP contribution >= 0.6 is 15.9 Å². The van der Waals surface area contributed by atoms with Gasteiger partial charge in [0.1, 0.15) is 4.60 Å². The summed E-state index contributed by atoms with van der Waals surface area (Å²) in [7, 11) is 0. The molecule has 0 unspecified atom stereocenters. The average molecular weight is 296 g/mol. The fourth-order valence-electron chi connectivity index (χ4n) is 1.30. The Morgan fingerprint density at radius 2 is 2.00 bits per heavy atom. The summed E-state index contributed by atoms with van der Waals surface area (Å²) in [6, 6.07) is 5.88. The first kappa shape index (κ1) is 11.5. The number of carbonyl (C=O) groups excluding carboxylic acids is 1. The molecule has 0 amide bonds. The van der Waals surface area contributed by atoms with E-state index >= 15 is 0 Å². The number of carbonyl (C=O) groups is 1. The van der Waals surface area contributed by atoms with E-state index < -0.39 is 4.92 Å². The second-order valence-electron chi connectivity index (χ2n) is 3.21. The van der Waals surface area contributed by atoms with Crippen LogP contribution in [0.1, 0.15) is 10.4 Å². The van der Waals surface area contributed by atoms with Crippen LogP contribution < -0.4 is 0 Å². The van der Waals surface area contributed by atoms with E-state index in [0.29, 0.717) is 22.1 Å². The number of nitrogens with zero attached hydrogens (tertiary/aromatic N) is 3. The first-order chi connectivity index (χ1) is 8.11. The molecule has 17 heavy (non-hydrogen) atoms.